The molecule has 2 rings (SSSR count). The molecule has 1 unspecified atom stereocenters. The van der Waals surface area contributed by atoms with Crippen LogP contribution in [-0.4, -0.2) is 19.2 Å². The molecule has 1 aliphatic heterocycles. The van der Waals surface area contributed by atoms with Crippen LogP contribution in [-0.2, 0) is 6.42 Å². The number of ether oxygens (including phenoxy) is 1. The lowest BCUT2D eigenvalue weighted by Gasteiger charge is -2.09. The zero-order valence-electron chi connectivity index (χ0n) is 9.83. The molecule has 1 heterocycles. The summed E-state index contributed by atoms with van der Waals surface area (Å²) in [5, 5.41) is 3.42. The Kier molecular flexibility index (Phi) is 3.67. The molecule has 1 aromatic carbocycles. The topological polar surface area (TPSA) is 47.3 Å². The largest absolute Gasteiger partial charge is 0.493 e. The number of fused-ring (bicyclic) bond motifs is 1. The quantitative estimate of drug-likeness (QED) is 0.748. The van der Waals surface area contributed by atoms with E-state index in [1.165, 1.54) is 11.3 Å². The molecule has 0 bridgehead atoms. The molecule has 0 aromatic heterocycles. The molecule has 1 atom stereocenters. The Balaban J connectivity index is 1.81. The Labute approximate surface area is 97.0 Å². The van der Waals surface area contributed by atoms with Crippen LogP contribution in [0.15, 0.2) is 18.2 Å². The van der Waals surface area contributed by atoms with Crippen LogP contribution in [0.25, 0.3) is 0 Å². The number of hydrogen-bond acceptors (Lipinski definition) is 3. The van der Waals surface area contributed by atoms with Gasteiger partial charge in [0, 0.05) is 24.7 Å². The van der Waals surface area contributed by atoms with E-state index in [-0.39, 0.29) is 0 Å². The van der Waals surface area contributed by atoms with Crippen LogP contribution < -0.4 is 15.8 Å². The minimum atomic E-state index is 0.301. The zero-order valence-corrected chi connectivity index (χ0v) is 9.83. The molecular formula is C13H20N2O. The molecule has 0 aliphatic carbocycles. The van der Waals surface area contributed by atoms with Crippen molar-refractivity contribution in [1.29, 1.82) is 0 Å². The first-order valence-electron chi connectivity index (χ1n) is 6.01. The van der Waals surface area contributed by atoms with Gasteiger partial charge in [-0.1, -0.05) is 0 Å². The summed E-state index contributed by atoms with van der Waals surface area (Å²) in [7, 11) is 0. The van der Waals surface area contributed by atoms with Crippen molar-refractivity contribution < 1.29 is 4.74 Å². The summed E-state index contributed by atoms with van der Waals surface area (Å²) in [5.74, 6) is 1.04. The van der Waals surface area contributed by atoms with Crippen LogP contribution in [0.2, 0.25) is 0 Å². The monoisotopic (exact) mass is 220 g/mol. The molecule has 0 radical (unpaired) electrons. The number of anilines is 1. The van der Waals surface area contributed by atoms with Gasteiger partial charge in [-0.2, -0.15) is 0 Å². The molecule has 3 heteroatoms. The third-order valence-corrected chi connectivity index (χ3v) is 2.85. The van der Waals surface area contributed by atoms with Crippen molar-refractivity contribution in [3.8, 4) is 5.75 Å². The van der Waals surface area contributed by atoms with Crippen molar-refractivity contribution in [2.45, 2.75) is 32.2 Å². The van der Waals surface area contributed by atoms with Gasteiger partial charge >= 0.3 is 0 Å². The van der Waals surface area contributed by atoms with E-state index < -0.39 is 0 Å². The Morgan fingerprint density at radius 3 is 3.19 bits per heavy atom. The van der Waals surface area contributed by atoms with Crippen LogP contribution in [0.1, 0.15) is 25.3 Å². The summed E-state index contributed by atoms with van der Waals surface area (Å²) in [6.45, 7) is 3.86. The van der Waals surface area contributed by atoms with E-state index in [1.807, 2.05) is 6.92 Å². The summed E-state index contributed by atoms with van der Waals surface area (Å²) in [4.78, 5) is 0. The second-order valence-corrected chi connectivity index (χ2v) is 4.47. The first-order valence-corrected chi connectivity index (χ1v) is 6.01. The van der Waals surface area contributed by atoms with Gasteiger partial charge in [-0.25, -0.2) is 0 Å². The molecule has 88 valence electrons. The summed E-state index contributed by atoms with van der Waals surface area (Å²) in [6.07, 6.45) is 3.22. The molecule has 0 fully saturated rings. The Morgan fingerprint density at radius 2 is 2.38 bits per heavy atom. The van der Waals surface area contributed by atoms with Crippen LogP contribution in [0.5, 0.6) is 5.75 Å². The lowest BCUT2D eigenvalue weighted by atomic mass is 10.1. The molecule has 1 aromatic rings. The summed E-state index contributed by atoms with van der Waals surface area (Å²) < 4.78 is 5.47. The number of hydrogen-bond donors (Lipinski definition) is 2. The lowest BCUT2D eigenvalue weighted by molar-refractivity contribution is 0.357. The fourth-order valence-corrected chi connectivity index (χ4v) is 1.95. The van der Waals surface area contributed by atoms with Crippen molar-refractivity contribution in [2.75, 3.05) is 18.5 Å². The SMILES string of the molecule is CC(N)CCCNc1ccc2c(c1)CCO2. The van der Waals surface area contributed by atoms with E-state index in [2.05, 4.69) is 23.5 Å². The fraction of sp³-hybridized carbons (Fsp3) is 0.538. The highest BCUT2D eigenvalue weighted by Crippen LogP contribution is 2.27. The van der Waals surface area contributed by atoms with Gasteiger partial charge in [0.05, 0.1) is 6.61 Å². The van der Waals surface area contributed by atoms with E-state index in [0.717, 1.165) is 38.2 Å². The minimum Gasteiger partial charge on any atom is -0.493 e. The van der Waals surface area contributed by atoms with Gasteiger partial charge in [-0.05, 0) is 43.5 Å². The lowest BCUT2D eigenvalue weighted by Crippen LogP contribution is -2.16. The molecular weight excluding hydrogens is 200 g/mol. The smallest absolute Gasteiger partial charge is 0.122 e. The average molecular weight is 220 g/mol. The molecule has 0 amide bonds. The van der Waals surface area contributed by atoms with Gasteiger partial charge in [0.15, 0.2) is 0 Å². The third-order valence-electron chi connectivity index (χ3n) is 2.85. The van der Waals surface area contributed by atoms with Gasteiger partial charge < -0.3 is 15.8 Å². The normalized spacial score (nSPS) is 15.4. The number of rotatable bonds is 5. The second-order valence-electron chi connectivity index (χ2n) is 4.47. The predicted molar refractivity (Wildman–Crippen MR) is 67.0 cm³/mol. The molecule has 3 nitrogen and oxygen atoms in total. The maximum atomic E-state index is 5.70. The molecule has 0 saturated heterocycles. The van der Waals surface area contributed by atoms with E-state index in [0.29, 0.717) is 6.04 Å². The Bertz CT molecular complexity index is 350. The molecule has 0 saturated carbocycles. The van der Waals surface area contributed by atoms with E-state index in [9.17, 15) is 0 Å². The van der Waals surface area contributed by atoms with Gasteiger partial charge in [-0.15, -0.1) is 0 Å². The highest BCUT2D eigenvalue weighted by Gasteiger charge is 2.11. The van der Waals surface area contributed by atoms with E-state index >= 15 is 0 Å². The van der Waals surface area contributed by atoms with Crippen LogP contribution in [0.4, 0.5) is 5.69 Å². The van der Waals surface area contributed by atoms with Crippen molar-refractivity contribution >= 4 is 5.69 Å². The van der Waals surface area contributed by atoms with Gasteiger partial charge in [0.25, 0.3) is 0 Å². The van der Waals surface area contributed by atoms with Crippen molar-refractivity contribution in [3.05, 3.63) is 23.8 Å². The van der Waals surface area contributed by atoms with Crippen LogP contribution in [0.3, 0.4) is 0 Å². The predicted octanol–water partition coefficient (Wildman–Crippen LogP) is 2.16. The van der Waals surface area contributed by atoms with E-state index in [4.69, 9.17) is 10.5 Å². The number of nitrogens with one attached hydrogen (secondary N) is 1. The van der Waals surface area contributed by atoms with Gasteiger partial charge in [-0.3, -0.25) is 0 Å². The van der Waals surface area contributed by atoms with Crippen molar-refractivity contribution in [3.63, 3.8) is 0 Å². The zero-order chi connectivity index (χ0) is 11.4. The molecule has 1 aliphatic rings. The maximum absolute atomic E-state index is 5.70. The summed E-state index contributed by atoms with van der Waals surface area (Å²) in [5.41, 5.74) is 8.21. The minimum absolute atomic E-state index is 0.301. The summed E-state index contributed by atoms with van der Waals surface area (Å²) >= 11 is 0. The summed E-state index contributed by atoms with van der Waals surface area (Å²) in [6, 6.07) is 6.62. The highest BCUT2D eigenvalue weighted by molar-refractivity contribution is 5.52. The van der Waals surface area contributed by atoms with Crippen molar-refractivity contribution in [1.82, 2.24) is 0 Å². The van der Waals surface area contributed by atoms with Crippen LogP contribution in [0, 0.1) is 0 Å². The average Bonchev–Trinajstić information content (AvgIpc) is 2.71. The van der Waals surface area contributed by atoms with Gasteiger partial charge in [0.1, 0.15) is 5.75 Å². The molecule has 16 heavy (non-hydrogen) atoms. The van der Waals surface area contributed by atoms with Crippen molar-refractivity contribution in [2.24, 2.45) is 5.73 Å². The third kappa shape index (κ3) is 2.89. The Hall–Kier alpha value is -1.22. The molecule has 3 N–H and O–H groups in total. The first-order chi connectivity index (χ1) is 7.75. The Morgan fingerprint density at radius 1 is 1.50 bits per heavy atom. The van der Waals surface area contributed by atoms with Crippen LogP contribution >= 0.6 is 0 Å². The fourth-order valence-electron chi connectivity index (χ4n) is 1.95. The maximum Gasteiger partial charge on any atom is 0.122 e. The number of nitrogens with two attached hydrogens (primary N) is 1. The first kappa shape index (κ1) is 11.3. The number of benzene rings is 1. The molecule has 0 spiro atoms. The van der Waals surface area contributed by atoms with Gasteiger partial charge in [0.2, 0.25) is 0 Å². The standard InChI is InChI=1S/C13H20N2O/c1-10(14)3-2-7-15-12-4-5-13-11(9-12)6-8-16-13/h4-5,9-10,15H,2-3,6-8,14H2,1H3. The van der Waals surface area contributed by atoms with E-state index in [1.54, 1.807) is 0 Å². The second kappa shape index (κ2) is 5.21. The highest BCUT2D eigenvalue weighted by atomic mass is 16.5.